The van der Waals surface area contributed by atoms with Crippen molar-refractivity contribution in [2.45, 2.75) is 31.0 Å². The second kappa shape index (κ2) is 7.09. The van der Waals surface area contributed by atoms with Gasteiger partial charge < -0.3 is 36.1 Å². The van der Waals surface area contributed by atoms with E-state index in [1.165, 1.54) is 10.9 Å². The van der Waals surface area contributed by atoms with Crippen LogP contribution in [0.15, 0.2) is 6.33 Å². The quantitative estimate of drug-likeness (QED) is 0.278. The number of nitrogens with zero attached hydrogens (tertiary/aromatic N) is 3. The maximum atomic E-state index is 10.2. The molecule has 0 spiro atoms. The number of rotatable bonds is 6. The van der Waals surface area contributed by atoms with Crippen molar-refractivity contribution >= 4 is 29.3 Å². The van der Waals surface area contributed by atoms with Crippen LogP contribution in [0.2, 0.25) is 0 Å². The Morgan fingerprint density at radius 3 is 2.88 bits per heavy atom. The third-order valence-electron chi connectivity index (χ3n) is 3.91. The molecule has 3 rings (SSSR count). The van der Waals surface area contributed by atoms with Crippen molar-refractivity contribution in [1.29, 1.82) is 0 Å². The molecule has 0 bridgehead atoms. The molecule has 0 radical (unpaired) electrons. The fourth-order valence-electron chi connectivity index (χ4n) is 2.63. The van der Waals surface area contributed by atoms with Crippen LogP contribution in [-0.2, 0) is 4.74 Å². The van der Waals surface area contributed by atoms with Gasteiger partial charge in [0.05, 0.1) is 12.9 Å². The van der Waals surface area contributed by atoms with Gasteiger partial charge in [-0.05, 0) is 13.0 Å². The molecule has 10 nitrogen and oxygen atoms in total. The van der Waals surface area contributed by atoms with E-state index in [9.17, 15) is 15.3 Å². The highest BCUT2D eigenvalue weighted by Gasteiger charge is 2.43. The normalized spacial score (nSPS) is 27.0. The largest absolute Gasteiger partial charge is 0.394 e. The van der Waals surface area contributed by atoms with E-state index in [-0.39, 0.29) is 0 Å². The monoisotopic (exact) mass is 356 g/mol. The first-order valence-corrected chi connectivity index (χ1v) is 8.01. The van der Waals surface area contributed by atoms with Gasteiger partial charge in [0.25, 0.3) is 0 Å². The molecule has 1 fully saturated rings. The number of hydrogen-bond donors (Lipinski definition) is 6. The van der Waals surface area contributed by atoms with Gasteiger partial charge in [-0.25, -0.2) is 9.97 Å². The van der Waals surface area contributed by atoms with E-state index >= 15 is 0 Å². The summed E-state index contributed by atoms with van der Waals surface area (Å²) in [4.78, 5) is 11.5. The summed E-state index contributed by atoms with van der Waals surface area (Å²) in [6.07, 6.45) is -1.94. The van der Waals surface area contributed by atoms with E-state index in [1.807, 2.05) is 0 Å². The zero-order valence-corrected chi connectivity index (χ0v) is 13.6. The molecule has 0 aliphatic carbocycles. The standard InChI is InChI=1S/C13H20N6O4S/c14-2-1-3-15-13-17-10-7(11(24)18-13)16-5-19(10)12-9(22)8(21)6(4-20)23-12/h5-6,8-9,12,20-22H,1-4,14H2,(H2,15,17,18,24)/t6-,8-,9-,12-/m1/s1. The van der Waals surface area contributed by atoms with Crippen molar-refractivity contribution in [2.75, 3.05) is 25.0 Å². The minimum Gasteiger partial charge on any atom is -0.394 e. The molecule has 0 amide bonds. The van der Waals surface area contributed by atoms with Gasteiger partial charge in [0.1, 0.15) is 29.5 Å². The average Bonchev–Trinajstić information content (AvgIpc) is 3.10. The lowest BCUT2D eigenvalue weighted by Gasteiger charge is -2.17. The Bertz CT molecular complexity index is 764. The average molecular weight is 356 g/mol. The van der Waals surface area contributed by atoms with E-state index < -0.39 is 31.1 Å². The summed E-state index contributed by atoms with van der Waals surface area (Å²) in [5, 5.41) is 32.4. The fourth-order valence-corrected chi connectivity index (χ4v) is 2.87. The molecule has 1 aliphatic rings. The molecule has 4 atom stereocenters. The first-order valence-electron chi connectivity index (χ1n) is 7.60. The van der Waals surface area contributed by atoms with Crippen LogP contribution in [0.4, 0.5) is 5.95 Å². The van der Waals surface area contributed by atoms with Crippen LogP contribution >= 0.6 is 12.2 Å². The molecule has 2 aromatic heterocycles. The van der Waals surface area contributed by atoms with Crippen molar-refractivity contribution in [1.82, 2.24) is 19.5 Å². The number of aromatic nitrogens is 4. The highest BCUT2D eigenvalue weighted by Crippen LogP contribution is 2.31. The Kier molecular flexibility index (Phi) is 5.08. The minimum absolute atomic E-state index is 0.296. The maximum Gasteiger partial charge on any atom is 0.203 e. The van der Waals surface area contributed by atoms with E-state index in [0.29, 0.717) is 34.8 Å². The van der Waals surface area contributed by atoms with Gasteiger partial charge in [0.2, 0.25) is 5.95 Å². The Labute approximate surface area is 142 Å². The highest BCUT2D eigenvalue weighted by atomic mass is 32.1. The maximum absolute atomic E-state index is 10.2. The molecule has 7 N–H and O–H groups in total. The summed E-state index contributed by atoms with van der Waals surface area (Å²) in [5.74, 6) is 0.453. The summed E-state index contributed by atoms with van der Waals surface area (Å²) in [6.45, 7) is 0.781. The smallest absolute Gasteiger partial charge is 0.203 e. The number of aliphatic hydroxyl groups is 3. The third-order valence-corrected chi connectivity index (χ3v) is 4.20. The lowest BCUT2D eigenvalue weighted by molar-refractivity contribution is -0.0511. The highest BCUT2D eigenvalue weighted by molar-refractivity contribution is 7.71. The second-order valence-corrected chi connectivity index (χ2v) is 5.92. The summed E-state index contributed by atoms with van der Waals surface area (Å²) in [7, 11) is 0. The van der Waals surface area contributed by atoms with Gasteiger partial charge in [-0.3, -0.25) is 4.57 Å². The van der Waals surface area contributed by atoms with Crippen molar-refractivity contribution in [2.24, 2.45) is 5.73 Å². The zero-order valence-electron chi connectivity index (χ0n) is 12.8. The SMILES string of the molecule is NCCCNc1nc(=S)c2ncn([C@@H]3O[C@H](CO)[C@@H](O)[C@H]3O)c2[nH]1. The van der Waals surface area contributed by atoms with Crippen LogP contribution in [0.5, 0.6) is 0 Å². The predicted molar refractivity (Wildman–Crippen MR) is 87.9 cm³/mol. The van der Waals surface area contributed by atoms with Crippen LogP contribution in [0.25, 0.3) is 11.2 Å². The van der Waals surface area contributed by atoms with Crippen LogP contribution in [0, 0.1) is 4.64 Å². The van der Waals surface area contributed by atoms with Crippen LogP contribution < -0.4 is 11.1 Å². The van der Waals surface area contributed by atoms with Crippen molar-refractivity contribution in [3.63, 3.8) is 0 Å². The number of fused-ring (bicyclic) bond motifs is 1. The predicted octanol–water partition coefficient (Wildman–Crippen LogP) is -1.14. The molecule has 3 heterocycles. The van der Waals surface area contributed by atoms with E-state index in [1.54, 1.807) is 0 Å². The van der Waals surface area contributed by atoms with Crippen LogP contribution in [0.3, 0.4) is 0 Å². The van der Waals surface area contributed by atoms with Crippen molar-refractivity contribution in [3.05, 3.63) is 11.0 Å². The minimum atomic E-state index is -1.21. The molecule has 24 heavy (non-hydrogen) atoms. The molecule has 0 aromatic carbocycles. The lowest BCUT2D eigenvalue weighted by atomic mass is 10.1. The van der Waals surface area contributed by atoms with Gasteiger partial charge in [0, 0.05) is 6.54 Å². The summed E-state index contributed by atoms with van der Waals surface area (Å²) >= 11 is 5.24. The molecule has 132 valence electrons. The van der Waals surface area contributed by atoms with Crippen LogP contribution in [0.1, 0.15) is 12.6 Å². The first kappa shape index (κ1) is 17.2. The molecule has 1 aliphatic heterocycles. The van der Waals surface area contributed by atoms with Gasteiger partial charge in [-0.15, -0.1) is 0 Å². The van der Waals surface area contributed by atoms with Gasteiger partial charge >= 0.3 is 0 Å². The molecule has 0 saturated carbocycles. The molecule has 11 heteroatoms. The Morgan fingerprint density at radius 1 is 1.42 bits per heavy atom. The fraction of sp³-hybridized carbons (Fsp3) is 0.615. The third kappa shape index (κ3) is 3.01. The van der Waals surface area contributed by atoms with Gasteiger partial charge in [-0.2, -0.15) is 0 Å². The second-order valence-electron chi connectivity index (χ2n) is 5.54. The van der Waals surface area contributed by atoms with E-state index in [0.717, 1.165) is 6.42 Å². The van der Waals surface area contributed by atoms with Crippen molar-refractivity contribution in [3.8, 4) is 0 Å². The molecular formula is C13H20N6O4S. The Morgan fingerprint density at radius 2 is 2.21 bits per heavy atom. The number of nitrogens with one attached hydrogen (secondary N) is 2. The van der Waals surface area contributed by atoms with E-state index in [2.05, 4.69) is 20.3 Å². The number of nitrogens with two attached hydrogens (primary N) is 1. The number of H-pyrrole nitrogens is 1. The summed E-state index contributed by atoms with van der Waals surface area (Å²) < 4.78 is 7.36. The Hall–Kier alpha value is -1.63. The summed E-state index contributed by atoms with van der Waals surface area (Å²) in [5.41, 5.74) is 6.42. The van der Waals surface area contributed by atoms with Gasteiger partial charge in [-0.1, -0.05) is 12.2 Å². The van der Waals surface area contributed by atoms with Crippen molar-refractivity contribution < 1.29 is 20.1 Å². The lowest BCUT2D eigenvalue weighted by Crippen LogP contribution is -2.33. The van der Waals surface area contributed by atoms with Gasteiger partial charge in [0.15, 0.2) is 10.9 Å². The Balaban J connectivity index is 1.95. The topological polar surface area (TPSA) is 154 Å². The van der Waals surface area contributed by atoms with E-state index in [4.69, 9.17) is 22.7 Å². The molecule has 2 aromatic rings. The number of ether oxygens (including phenoxy) is 1. The first-order chi connectivity index (χ1) is 11.6. The number of aromatic amines is 1. The number of aliphatic hydroxyl groups excluding tert-OH is 3. The molecule has 1 saturated heterocycles. The number of anilines is 1. The summed E-state index contributed by atoms with van der Waals surface area (Å²) in [6, 6.07) is 0. The molecule has 0 unspecified atom stereocenters. The number of hydrogen-bond acceptors (Lipinski definition) is 9. The van der Waals surface area contributed by atoms with Crippen LogP contribution in [-0.4, -0.2) is 72.8 Å². The zero-order chi connectivity index (χ0) is 17.3. The number of imidazole rings is 1. The molecular weight excluding hydrogens is 336 g/mol.